The Kier molecular flexibility index (Phi) is 4.23. The molecule has 0 radical (unpaired) electrons. The van der Waals surface area contributed by atoms with Gasteiger partial charge in [-0.1, -0.05) is 28.8 Å². The summed E-state index contributed by atoms with van der Waals surface area (Å²) in [5.74, 6) is 0. The van der Waals surface area contributed by atoms with Crippen molar-refractivity contribution in [1.29, 1.82) is 0 Å². The van der Waals surface area contributed by atoms with E-state index in [1.54, 1.807) is 7.05 Å². The highest BCUT2D eigenvalue weighted by atomic mass is 79.9. The van der Waals surface area contributed by atoms with Crippen LogP contribution >= 0.6 is 15.9 Å². The summed E-state index contributed by atoms with van der Waals surface area (Å²) >= 11 is 3.37. The van der Waals surface area contributed by atoms with Gasteiger partial charge in [0.05, 0.1) is 5.25 Å². The maximum absolute atomic E-state index is 12.2. The molecule has 1 aliphatic rings. The van der Waals surface area contributed by atoms with Crippen LogP contribution in [-0.4, -0.2) is 35.9 Å². The number of hydrogen-bond acceptors (Lipinski definition) is 2. The van der Waals surface area contributed by atoms with E-state index in [9.17, 15) is 8.42 Å². The van der Waals surface area contributed by atoms with Gasteiger partial charge in [0, 0.05) is 17.9 Å². The number of alkyl halides is 1. The van der Waals surface area contributed by atoms with Gasteiger partial charge in [0.2, 0.25) is 10.0 Å². The van der Waals surface area contributed by atoms with Gasteiger partial charge in [0.15, 0.2) is 0 Å². The topological polar surface area (TPSA) is 37.4 Å². The van der Waals surface area contributed by atoms with Crippen LogP contribution in [0.2, 0.25) is 0 Å². The third-order valence-corrected chi connectivity index (χ3v) is 7.23. The maximum atomic E-state index is 12.2. The lowest BCUT2D eigenvalue weighted by Gasteiger charge is -2.34. The van der Waals surface area contributed by atoms with Gasteiger partial charge >= 0.3 is 0 Å². The number of sulfonamides is 1. The van der Waals surface area contributed by atoms with E-state index in [0.717, 1.165) is 25.7 Å². The fraction of sp³-hybridized carbons (Fsp3) is 1.00. The average Bonchev–Trinajstić information content (AvgIpc) is 2.69. The van der Waals surface area contributed by atoms with Crippen LogP contribution in [0, 0.1) is 0 Å². The third kappa shape index (κ3) is 2.74. The van der Waals surface area contributed by atoms with E-state index >= 15 is 0 Å². The molecule has 1 fully saturated rings. The minimum atomic E-state index is -3.11. The van der Waals surface area contributed by atoms with Crippen molar-refractivity contribution in [3.63, 3.8) is 0 Å². The molecule has 0 atom stereocenters. The molecule has 5 heteroatoms. The summed E-state index contributed by atoms with van der Waals surface area (Å²) in [7, 11) is -1.42. The fourth-order valence-corrected chi connectivity index (χ4v) is 4.51. The molecular weight excluding hydrogens is 278 g/mol. The van der Waals surface area contributed by atoms with E-state index in [-0.39, 0.29) is 10.8 Å². The Balaban J connectivity index is 2.85. The molecule has 0 amide bonds. The van der Waals surface area contributed by atoms with E-state index in [0.29, 0.717) is 5.33 Å². The van der Waals surface area contributed by atoms with Crippen LogP contribution in [0.3, 0.4) is 0 Å². The zero-order chi connectivity index (χ0) is 11.7. The van der Waals surface area contributed by atoms with E-state index in [2.05, 4.69) is 15.9 Å². The van der Waals surface area contributed by atoms with Crippen LogP contribution in [0.1, 0.15) is 39.5 Å². The van der Waals surface area contributed by atoms with E-state index in [1.165, 1.54) is 4.31 Å². The second-order valence-corrected chi connectivity index (χ2v) is 7.67. The van der Waals surface area contributed by atoms with Crippen LogP contribution < -0.4 is 0 Å². The first-order valence-electron chi connectivity index (χ1n) is 5.36. The molecule has 0 aromatic carbocycles. The second kappa shape index (κ2) is 4.72. The maximum Gasteiger partial charge on any atom is 0.217 e. The molecule has 90 valence electrons. The molecule has 0 aromatic rings. The normalized spacial score (nSPS) is 20.1. The van der Waals surface area contributed by atoms with Crippen LogP contribution in [0.15, 0.2) is 0 Å². The molecular formula is C10H20BrNO2S. The summed E-state index contributed by atoms with van der Waals surface area (Å²) in [6.45, 7) is 3.88. The molecule has 3 nitrogen and oxygen atoms in total. The van der Waals surface area contributed by atoms with Gasteiger partial charge in [-0.25, -0.2) is 8.42 Å². The molecule has 0 spiro atoms. The van der Waals surface area contributed by atoms with Crippen LogP contribution in [0.5, 0.6) is 0 Å². The van der Waals surface area contributed by atoms with Gasteiger partial charge in [-0.05, 0) is 26.7 Å². The van der Waals surface area contributed by atoms with Crippen molar-refractivity contribution in [3.05, 3.63) is 0 Å². The molecule has 1 rings (SSSR count). The highest BCUT2D eigenvalue weighted by molar-refractivity contribution is 9.09. The standard InChI is InChI=1S/C10H20BrNO2S/c1-10(2,8-11)12(3)15(13,14)9-6-4-5-7-9/h9H,4-8H2,1-3H3. The first kappa shape index (κ1) is 13.5. The molecule has 0 unspecified atom stereocenters. The van der Waals surface area contributed by atoms with Gasteiger partial charge in [0.1, 0.15) is 0 Å². The van der Waals surface area contributed by atoms with Crippen molar-refractivity contribution < 1.29 is 8.42 Å². The summed E-state index contributed by atoms with van der Waals surface area (Å²) in [6.07, 6.45) is 3.75. The predicted molar refractivity (Wildman–Crippen MR) is 66.8 cm³/mol. The van der Waals surface area contributed by atoms with Crippen molar-refractivity contribution >= 4 is 26.0 Å². The first-order valence-corrected chi connectivity index (χ1v) is 7.98. The number of hydrogen-bond donors (Lipinski definition) is 0. The highest BCUT2D eigenvalue weighted by Gasteiger charge is 2.38. The summed E-state index contributed by atoms with van der Waals surface area (Å²) in [5.41, 5.74) is -0.346. The Morgan fingerprint density at radius 1 is 1.33 bits per heavy atom. The Bertz CT molecular complexity index is 307. The van der Waals surface area contributed by atoms with Crippen molar-refractivity contribution in [2.24, 2.45) is 0 Å². The zero-order valence-corrected chi connectivity index (χ0v) is 12.1. The molecule has 0 bridgehead atoms. The Hall–Kier alpha value is 0.390. The van der Waals surface area contributed by atoms with Crippen LogP contribution in [0.4, 0.5) is 0 Å². The van der Waals surface area contributed by atoms with E-state index < -0.39 is 10.0 Å². The zero-order valence-electron chi connectivity index (χ0n) is 9.66. The highest BCUT2D eigenvalue weighted by Crippen LogP contribution is 2.30. The van der Waals surface area contributed by atoms with Crippen molar-refractivity contribution in [2.75, 3.05) is 12.4 Å². The van der Waals surface area contributed by atoms with Crippen molar-refractivity contribution in [2.45, 2.75) is 50.3 Å². The SMILES string of the molecule is CN(C(C)(C)CBr)S(=O)(=O)C1CCCC1. The first-order chi connectivity index (χ1) is 6.82. The van der Waals surface area contributed by atoms with Crippen molar-refractivity contribution in [3.8, 4) is 0 Å². The molecule has 0 N–H and O–H groups in total. The predicted octanol–water partition coefficient (Wildman–Crippen LogP) is 2.36. The number of halogens is 1. The minimum Gasteiger partial charge on any atom is -0.212 e. The lowest BCUT2D eigenvalue weighted by atomic mass is 10.1. The number of rotatable bonds is 4. The minimum absolute atomic E-state index is 0.152. The molecule has 0 aromatic heterocycles. The second-order valence-electron chi connectivity index (χ2n) is 4.86. The summed E-state index contributed by atoms with van der Waals surface area (Å²) < 4.78 is 26.0. The monoisotopic (exact) mass is 297 g/mol. The summed E-state index contributed by atoms with van der Waals surface area (Å²) in [6, 6.07) is 0. The lowest BCUT2D eigenvalue weighted by Crippen LogP contribution is -2.49. The van der Waals surface area contributed by atoms with Crippen LogP contribution in [-0.2, 0) is 10.0 Å². The molecule has 0 aliphatic heterocycles. The van der Waals surface area contributed by atoms with Gasteiger partial charge in [0.25, 0.3) is 0 Å². The average molecular weight is 298 g/mol. The smallest absolute Gasteiger partial charge is 0.212 e. The van der Waals surface area contributed by atoms with Gasteiger partial charge in [-0.2, -0.15) is 4.31 Å². The molecule has 0 saturated heterocycles. The molecule has 1 saturated carbocycles. The van der Waals surface area contributed by atoms with E-state index in [4.69, 9.17) is 0 Å². The Labute approximate surface area is 101 Å². The quantitative estimate of drug-likeness (QED) is 0.747. The summed E-state index contributed by atoms with van der Waals surface area (Å²) in [4.78, 5) is 0. The van der Waals surface area contributed by atoms with Gasteiger partial charge < -0.3 is 0 Å². The largest absolute Gasteiger partial charge is 0.217 e. The third-order valence-electron chi connectivity index (χ3n) is 3.28. The lowest BCUT2D eigenvalue weighted by molar-refractivity contribution is 0.296. The molecule has 1 aliphatic carbocycles. The Morgan fingerprint density at radius 2 is 1.80 bits per heavy atom. The van der Waals surface area contributed by atoms with Crippen LogP contribution in [0.25, 0.3) is 0 Å². The van der Waals surface area contributed by atoms with E-state index in [1.807, 2.05) is 13.8 Å². The molecule has 15 heavy (non-hydrogen) atoms. The number of nitrogens with zero attached hydrogens (tertiary/aromatic N) is 1. The van der Waals surface area contributed by atoms with Gasteiger partial charge in [-0.15, -0.1) is 0 Å². The molecule has 0 heterocycles. The van der Waals surface area contributed by atoms with Crippen molar-refractivity contribution in [1.82, 2.24) is 4.31 Å². The Morgan fingerprint density at radius 3 is 2.20 bits per heavy atom. The summed E-state index contributed by atoms with van der Waals surface area (Å²) in [5, 5.41) is 0.503. The van der Waals surface area contributed by atoms with Gasteiger partial charge in [-0.3, -0.25) is 0 Å². The fourth-order valence-electron chi connectivity index (χ4n) is 1.84.